The molecule has 5 heteroatoms. The van der Waals surface area contributed by atoms with Crippen molar-refractivity contribution in [1.82, 2.24) is 14.8 Å². The number of pyridine rings is 1. The second-order valence-electron chi connectivity index (χ2n) is 7.80. The Labute approximate surface area is 169 Å². The molecule has 0 fully saturated rings. The van der Waals surface area contributed by atoms with Crippen molar-refractivity contribution in [1.29, 1.82) is 0 Å². The number of aromatic nitrogens is 3. The second kappa shape index (κ2) is 6.85. The minimum Gasteiger partial charge on any atom is -0.381 e. The van der Waals surface area contributed by atoms with Gasteiger partial charge in [-0.2, -0.15) is 5.10 Å². The highest BCUT2D eigenvalue weighted by molar-refractivity contribution is 6.01. The van der Waals surface area contributed by atoms with Gasteiger partial charge in [-0.1, -0.05) is 36.4 Å². The Hall–Kier alpha value is -3.47. The van der Waals surface area contributed by atoms with Crippen molar-refractivity contribution in [2.45, 2.75) is 25.8 Å². The largest absolute Gasteiger partial charge is 0.381 e. The number of carbonyl (C=O) groups is 1. The third-order valence-corrected chi connectivity index (χ3v) is 5.52. The van der Waals surface area contributed by atoms with Crippen molar-refractivity contribution < 1.29 is 4.79 Å². The molecule has 0 saturated carbocycles. The molecule has 5 nitrogen and oxygen atoms in total. The number of hydrogen-bond donors (Lipinski definition) is 1. The number of ketones is 1. The molecule has 0 bridgehead atoms. The highest BCUT2D eigenvalue weighted by Gasteiger charge is 2.21. The van der Waals surface area contributed by atoms with Gasteiger partial charge in [0.2, 0.25) is 0 Å². The Morgan fingerprint density at radius 2 is 1.93 bits per heavy atom. The van der Waals surface area contributed by atoms with Crippen LogP contribution >= 0.6 is 0 Å². The first-order chi connectivity index (χ1) is 14.1. The molecule has 144 valence electrons. The lowest BCUT2D eigenvalue weighted by molar-refractivity contribution is -0.118. The van der Waals surface area contributed by atoms with Crippen LogP contribution in [0.3, 0.4) is 0 Å². The van der Waals surface area contributed by atoms with Crippen molar-refractivity contribution in [3.63, 3.8) is 0 Å². The van der Waals surface area contributed by atoms with Crippen LogP contribution in [-0.2, 0) is 18.3 Å². The molecular formula is C24H22N4O. The van der Waals surface area contributed by atoms with Crippen LogP contribution in [0.25, 0.3) is 33.2 Å². The molecular weight excluding hydrogens is 360 g/mol. The normalized spacial score (nSPS) is 16.3. The zero-order valence-electron chi connectivity index (χ0n) is 16.5. The molecule has 0 amide bonds. The fraction of sp³-hybridized carbons (Fsp3) is 0.208. The van der Waals surface area contributed by atoms with Crippen LogP contribution < -0.4 is 5.32 Å². The van der Waals surface area contributed by atoms with Crippen LogP contribution in [-0.4, -0.2) is 26.6 Å². The smallest absolute Gasteiger partial charge is 0.139 e. The van der Waals surface area contributed by atoms with E-state index in [0.29, 0.717) is 12.8 Å². The summed E-state index contributed by atoms with van der Waals surface area (Å²) in [5.41, 5.74) is 6.28. The molecule has 1 aliphatic heterocycles. The van der Waals surface area contributed by atoms with Gasteiger partial charge in [-0.25, -0.2) is 0 Å². The molecule has 3 heterocycles. The van der Waals surface area contributed by atoms with E-state index in [2.05, 4.69) is 47.7 Å². The van der Waals surface area contributed by atoms with Crippen molar-refractivity contribution >= 4 is 22.2 Å². The van der Waals surface area contributed by atoms with Gasteiger partial charge in [-0.15, -0.1) is 0 Å². The first-order valence-corrected chi connectivity index (χ1v) is 9.87. The molecule has 4 aromatic rings. The predicted octanol–water partition coefficient (Wildman–Crippen LogP) is 4.62. The van der Waals surface area contributed by atoms with E-state index < -0.39 is 0 Å². The summed E-state index contributed by atoms with van der Waals surface area (Å²) in [4.78, 5) is 16.9. The van der Waals surface area contributed by atoms with Crippen LogP contribution in [0.4, 0.5) is 5.69 Å². The molecule has 0 radical (unpaired) electrons. The summed E-state index contributed by atoms with van der Waals surface area (Å²) in [5, 5.41) is 10.0. The lowest BCUT2D eigenvalue weighted by atomic mass is 9.94. The van der Waals surface area contributed by atoms with Gasteiger partial charge in [0.25, 0.3) is 0 Å². The number of aryl methyl sites for hydroxylation is 1. The van der Waals surface area contributed by atoms with E-state index in [0.717, 1.165) is 44.4 Å². The summed E-state index contributed by atoms with van der Waals surface area (Å²) in [5.74, 6) is 0.279. The van der Waals surface area contributed by atoms with Crippen molar-refractivity contribution in [2.75, 3.05) is 5.32 Å². The Bertz CT molecular complexity index is 1240. The third-order valence-electron chi connectivity index (χ3n) is 5.52. The fourth-order valence-electron chi connectivity index (χ4n) is 4.18. The van der Waals surface area contributed by atoms with Crippen LogP contribution in [0.1, 0.15) is 18.9 Å². The lowest BCUT2D eigenvalue weighted by Gasteiger charge is -2.18. The highest BCUT2D eigenvalue weighted by Crippen LogP contribution is 2.38. The van der Waals surface area contributed by atoms with E-state index in [1.165, 1.54) is 0 Å². The molecule has 1 atom stereocenters. The minimum absolute atomic E-state index is 0.121. The van der Waals surface area contributed by atoms with Crippen LogP contribution in [0, 0.1) is 0 Å². The number of nitrogens with zero attached hydrogens (tertiary/aromatic N) is 3. The number of carbonyl (C=O) groups excluding carboxylic acids is 1. The maximum atomic E-state index is 12.2. The van der Waals surface area contributed by atoms with Gasteiger partial charge in [-0.3, -0.25) is 14.5 Å². The Morgan fingerprint density at radius 1 is 1.10 bits per heavy atom. The Kier molecular flexibility index (Phi) is 4.16. The van der Waals surface area contributed by atoms with E-state index in [-0.39, 0.29) is 11.8 Å². The molecule has 5 rings (SSSR count). The van der Waals surface area contributed by atoms with Gasteiger partial charge < -0.3 is 5.32 Å². The number of rotatable bonds is 2. The van der Waals surface area contributed by atoms with E-state index in [9.17, 15) is 4.79 Å². The van der Waals surface area contributed by atoms with Gasteiger partial charge >= 0.3 is 0 Å². The molecule has 0 saturated heterocycles. The second-order valence-corrected chi connectivity index (χ2v) is 7.80. The van der Waals surface area contributed by atoms with Gasteiger partial charge in [-0.05, 0) is 29.5 Å². The molecule has 0 unspecified atom stereocenters. The van der Waals surface area contributed by atoms with Gasteiger partial charge in [0.05, 0.1) is 11.9 Å². The topological polar surface area (TPSA) is 59.8 Å². The third kappa shape index (κ3) is 3.18. The Balaban J connectivity index is 1.67. The van der Waals surface area contributed by atoms with Crippen molar-refractivity contribution in [3.05, 3.63) is 66.6 Å². The maximum Gasteiger partial charge on any atom is 0.139 e. The number of anilines is 1. The van der Waals surface area contributed by atoms with Gasteiger partial charge in [0, 0.05) is 60.5 Å². The molecule has 0 spiro atoms. The quantitative estimate of drug-likeness (QED) is 0.550. The van der Waals surface area contributed by atoms with E-state index in [1.807, 2.05) is 37.8 Å². The number of nitrogens with one attached hydrogen (secondary N) is 1. The monoisotopic (exact) mass is 382 g/mol. The predicted molar refractivity (Wildman–Crippen MR) is 116 cm³/mol. The average Bonchev–Trinajstić information content (AvgIpc) is 3.08. The fourth-order valence-corrected chi connectivity index (χ4v) is 4.18. The van der Waals surface area contributed by atoms with E-state index >= 15 is 0 Å². The van der Waals surface area contributed by atoms with Crippen LogP contribution in [0.5, 0.6) is 0 Å². The molecule has 29 heavy (non-hydrogen) atoms. The molecule has 1 aliphatic rings. The van der Waals surface area contributed by atoms with E-state index in [1.54, 1.807) is 4.68 Å². The lowest BCUT2D eigenvalue weighted by Crippen LogP contribution is -2.17. The number of para-hydroxylation sites is 1. The number of fused-ring (bicyclic) bond motifs is 2. The molecule has 0 aliphatic carbocycles. The highest BCUT2D eigenvalue weighted by atomic mass is 16.1. The number of hydrogen-bond acceptors (Lipinski definition) is 4. The summed E-state index contributed by atoms with van der Waals surface area (Å²) in [6.45, 7) is 2.06. The first-order valence-electron chi connectivity index (χ1n) is 9.87. The summed E-state index contributed by atoms with van der Waals surface area (Å²) in [6, 6.07) is 14.8. The number of benzene rings is 2. The molecule has 2 aromatic heterocycles. The van der Waals surface area contributed by atoms with Crippen LogP contribution in [0.2, 0.25) is 0 Å². The summed E-state index contributed by atoms with van der Waals surface area (Å²) in [7, 11) is 1.91. The SMILES string of the molecule is C[C@@H]1CC(=O)Cc2cccc(-c3cccc4cc(-c5cnn(C)c5)ncc34)c2N1. The van der Waals surface area contributed by atoms with Crippen molar-refractivity contribution in [3.8, 4) is 22.4 Å². The molecule has 2 aromatic carbocycles. The van der Waals surface area contributed by atoms with E-state index in [4.69, 9.17) is 4.98 Å². The minimum atomic E-state index is 0.121. The first kappa shape index (κ1) is 17.6. The van der Waals surface area contributed by atoms with Gasteiger partial charge in [0.15, 0.2) is 0 Å². The molecule has 1 N–H and O–H groups in total. The average molecular weight is 382 g/mol. The standard InChI is InChI=1S/C24H22N4O/c1-15-9-19(29)10-17-6-4-8-21(24(17)27-15)20-7-3-5-16-11-23(25-13-22(16)20)18-12-26-28(2)14-18/h3-8,11-15,27H,9-10H2,1-2H3/t15-/m1/s1. The summed E-state index contributed by atoms with van der Waals surface area (Å²) < 4.78 is 1.78. The summed E-state index contributed by atoms with van der Waals surface area (Å²) >= 11 is 0. The maximum absolute atomic E-state index is 12.2. The zero-order valence-corrected chi connectivity index (χ0v) is 16.5. The van der Waals surface area contributed by atoms with Crippen molar-refractivity contribution in [2.24, 2.45) is 7.05 Å². The summed E-state index contributed by atoms with van der Waals surface area (Å²) in [6.07, 6.45) is 6.78. The zero-order chi connectivity index (χ0) is 20.0. The van der Waals surface area contributed by atoms with Crippen LogP contribution in [0.15, 0.2) is 61.1 Å². The van der Waals surface area contributed by atoms with Gasteiger partial charge in [0.1, 0.15) is 5.78 Å². The Morgan fingerprint density at radius 3 is 2.76 bits per heavy atom. The number of Topliss-reactive ketones (excluding diaryl/α,β-unsaturated/α-hetero) is 1.